The molecule has 0 aliphatic heterocycles. The molecule has 0 atom stereocenters. The average Bonchev–Trinajstić information content (AvgIpc) is 3.63. The average molecular weight is 413 g/mol. The first-order valence-corrected chi connectivity index (χ1v) is 10.5. The highest BCUT2D eigenvalue weighted by molar-refractivity contribution is 6.30. The molecule has 0 radical (unpaired) electrons. The van der Waals surface area contributed by atoms with Gasteiger partial charge in [-0.25, -0.2) is 0 Å². The molecule has 29 heavy (non-hydrogen) atoms. The first-order chi connectivity index (χ1) is 14.0. The van der Waals surface area contributed by atoms with E-state index in [1.807, 2.05) is 48.5 Å². The summed E-state index contributed by atoms with van der Waals surface area (Å²) >= 11 is 5.95. The second-order valence-corrected chi connectivity index (χ2v) is 8.31. The van der Waals surface area contributed by atoms with Gasteiger partial charge in [0.15, 0.2) is 6.61 Å². The van der Waals surface area contributed by atoms with E-state index in [-0.39, 0.29) is 23.8 Å². The van der Waals surface area contributed by atoms with Crippen LogP contribution in [0.25, 0.3) is 0 Å². The van der Waals surface area contributed by atoms with Crippen LogP contribution in [0.1, 0.15) is 36.8 Å². The summed E-state index contributed by atoms with van der Waals surface area (Å²) in [5.41, 5.74) is 1.76. The van der Waals surface area contributed by atoms with Gasteiger partial charge in [0.1, 0.15) is 5.75 Å². The molecular formula is C23H25ClN2O3. The molecule has 2 aliphatic rings. The van der Waals surface area contributed by atoms with Crippen LogP contribution in [0.15, 0.2) is 48.5 Å². The topological polar surface area (TPSA) is 67.4 Å². The molecule has 0 spiro atoms. The monoisotopic (exact) mass is 412 g/mol. The maximum Gasteiger partial charge on any atom is 0.258 e. The summed E-state index contributed by atoms with van der Waals surface area (Å²) in [5.74, 6) is 0.679. The Hall–Kier alpha value is -2.53. The number of hydrogen-bond donors (Lipinski definition) is 2. The van der Waals surface area contributed by atoms with Crippen molar-refractivity contribution in [2.45, 2.75) is 43.6 Å². The summed E-state index contributed by atoms with van der Waals surface area (Å²) in [7, 11) is 0. The highest BCUT2D eigenvalue weighted by Gasteiger charge is 2.50. The van der Waals surface area contributed by atoms with E-state index in [0.717, 1.165) is 43.2 Å². The Kier molecular flexibility index (Phi) is 5.76. The van der Waals surface area contributed by atoms with Crippen LogP contribution in [-0.4, -0.2) is 31.0 Å². The first kappa shape index (κ1) is 19.8. The molecule has 152 valence electrons. The number of rotatable bonds is 9. The molecule has 0 unspecified atom stereocenters. The fraction of sp³-hybridized carbons (Fsp3) is 0.391. The van der Waals surface area contributed by atoms with Gasteiger partial charge in [-0.05, 0) is 67.5 Å². The smallest absolute Gasteiger partial charge is 0.258 e. The molecule has 5 nitrogen and oxygen atoms in total. The van der Waals surface area contributed by atoms with Crippen molar-refractivity contribution in [1.82, 2.24) is 10.6 Å². The van der Waals surface area contributed by atoms with Crippen LogP contribution in [-0.2, 0) is 21.4 Å². The number of halogens is 1. The Morgan fingerprint density at radius 2 is 1.72 bits per heavy atom. The number of ether oxygens (including phenoxy) is 1. The normalized spacial score (nSPS) is 16.7. The molecule has 0 heterocycles. The molecule has 2 aromatic carbocycles. The van der Waals surface area contributed by atoms with Crippen LogP contribution in [0.2, 0.25) is 5.02 Å². The van der Waals surface area contributed by atoms with E-state index in [0.29, 0.717) is 23.4 Å². The lowest BCUT2D eigenvalue weighted by atomic mass is 9.95. The highest BCUT2D eigenvalue weighted by atomic mass is 35.5. The number of hydrogen-bond acceptors (Lipinski definition) is 3. The van der Waals surface area contributed by atoms with Crippen molar-refractivity contribution < 1.29 is 14.3 Å². The van der Waals surface area contributed by atoms with E-state index in [1.54, 1.807) is 0 Å². The highest BCUT2D eigenvalue weighted by Crippen LogP contribution is 2.48. The van der Waals surface area contributed by atoms with Crippen LogP contribution in [0.4, 0.5) is 0 Å². The van der Waals surface area contributed by atoms with Gasteiger partial charge in [0.05, 0.1) is 5.41 Å². The molecule has 2 saturated carbocycles. The van der Waals surface area contributed by atoms with Crippen molar-refractivity contribution in [2.75, 3.05) is 13.2 Å². The van der Waals surface area contributed by atoms with Crippen LogP contribution in [0, 0.1) is 0 Å². The van der Waals surface area contributed by atoms with E-state index in [4.69, 9.17) is 16.3 Å². The predicted octanol–water partition coefficient (Wildman–Crippen LogP) is 3.39. The van der Waals surface area contributed by atoms with Crippen LogP contribution < -0.4 is 15.4 Å². The number of carbonyl (C=O) groups excluding carboxylic acids is 2. The van der Waals surface area contributed by atoms with Gasteiger partial charge < -0.3 is 15.4 Å². The molecule has 6 heteroatoms. The minimum atomic E-state index is -0.386. The number of nitrogens with one attached hydrogen (secondary N) is 2. The van der Waals surface area contributed by atoms with E-state index in [2.05, 4.69) is 10.6 Å². The van der Waals surface area contributed by atoms with E-state index >= 15 is 0 Å². The Labute approximate surface area is 175 Å². The van der Waals surface area contributed by atoms with Crippen molar-refractivity contribution in [2.24, 2.45) is 0 Å². The van der Waals surface area contributed by atoms with Crippen molar-refractivity contribution in [3.8, 4) is 5.75 Å². The standard InChI is InChI=1S/C23H25ClN2O3/c24-18-5-3-17(4-6-18)23(12-13-23)22(28)25-14-11-16-1-9-20(10-2-16)29-15-21(27)26-19-7-8-19/h1-6,9-10,19H,7-8,11-15H2,(H,25,28)(H,26,27). The third-order valence-electron chi connectivity index (χ3n) is 5.52. The lowest BCUT2D eigenvalue weighted by molar-refractivity contribution is -0.124. The van der Waals surface area contributed by atoms with Crippen LogP contribution >= 0.6 is 11.6 Å². The summed E-state index contributed by atoms with van der Waals surface area (Å²) in [6, 6.07) is 15.6. The predicted molar refractivity (Wildman–Crippen MR) is 112 cm³/mol. The molecular weight excluding hydrogens is 388 g/mol. The minimum absolute atomic E-state index is 0.0404. The van der Waals surface area contributed by atoms with Crippen molar-refractivity contribution in [3.63, 3.8) is 0 Å². The van der Waals surface area contributed by atoms with Gasteiger partial charge in [0.2, 0.25) is 5.91 Å². The van der Waals surface area contributed by atoms with Crippen molar-refractivity contribution >= 4 is 23.4 Å². The molecule has 0 bridgehead atoms. The number of amides is 2. The molecule has 2 fully saturated rings. The lowest BCUT2D eigenvalue weighted by Crippen LogP contribution is -2.35. The Bertz CT molecular complexity index is 872. The second-order valence-electron chi connectivity index (χ2n) is 7.87. The molecule has 0 aromatic heterocycles. The van der Waals surface area contributed by atoms with Crippen LogP contribution in [0.3, 0.4) is 0 Å². The lowest BCUT2D eigenvalue weighted by Gasteiger charge is -2.16. The molecule has 0 saturated heterocycles. The van der Waals surface area contributed by atoms with Gasteiger partial charge in [-0.15, -0.1) is 0 Å². The summed E-state index contributed by atoms with van der Waals surface area (Å²) < 4.78 is 5.51. The van der Waals surface area contributed by atoms with Gasteiger partial charge >= 0.3 is 0 Å². The van der Waals surface area contributed by atoms with Crippen LogP contribution in [0.5, 0.6) is 5.75 Å². The van der Waals surface area contributed by atoms with Gasteiger partial charge in [0.25, 0.3) is 5.91 Å². The van der Waals surface area contributed by atoms with Gasteiger partial charge in [-0.3, -0.25) is 9.59 Å². The maximum absolute atomic E-state index is 12.7. The third kappa shape index (κ3) is 5.10. The number of carbonyl (C=O) groups is 2. The number of benzene rings is 2. The van der Waals surface area contributed by atoms with Gasteiger partial charge in [-0.1, -0.05) is 35.9 Å². The second kappa shape index (κ2) is 8.46. The Balaban J connectivity index is 1.21. The zero-order valence-corrected chi connectivity index (χ0v) is 17.0. The first-order valence-electron chi connectivity index (χ1n) is 10.1. The van der Waals surface area contributed by atoms with E-state index in [9.17, 15) is 9.59 Å². The van der Waals surface area contributed by atoms with Gasteiger partial charge in [0, 0.05) is 17.6 Å². The van der Waals surface area contributed by atoms with Crippen molar-refractivity contribution in [3.05, 3.63) is 64.7 Å². The molecule has 4 rings (SSSR count). The fourth-order valence-electron chi connectivity index (χ4n) is 3.43. The fourth-order valence-corrected chi connectivity index (χ4v) is 3.55. The minimum Gasteiger partial charge on any atom is -0.484 e. The summed E-state index contributed by atoms with van der Waals surface area (Å²) in [6.07, 6.45) is 4.63. The zero-order chi connectivity index (χ0) is 20.3. The summed E-state index contributed by atoms with van der Waals surface area (Å²) in [6.45, 7) is 0.622. The maximum atomic E-state index is 12.7. The molecule has 2 aromatic rings. The third-order valence-corrected chi connectivity index (χ3v) is 5.77. The SMILES string of the molecule is O=C(COc1ccc(CCNC(=O)C2(c3ccc(Cl)cc3)CC2)cc1)NC1CC1. The Morgan fingerprint density at radius 3 is 2.34 bits per heavy atom. The molecule has 2 amide bonds. The molecule has 2 N–H and O–H groups in total. The van der Waals surface area contributed by atoms with Gasteiger partial charge in [-0.2, -0.15) is 0 Å². The molecule has 2 aliphatic carbocycles. The summed E-state index contributed by atoms with van der Waals surface area (Å²) in [5, 5.41) is 6.65. The Morgan fingerprint density at radius 1 is 1.03 bits per heavy atom. The largest absolute Gasteiger partial charge is 0.484 e. The zero-order valence-electron chi connectivity index (χ0n) is 16.2. The quantitative estimate of drug-likeness (QED) is 0.663. The summed E-state index contributed by atoms with van der Waals surface area (Å²) in [4.78, 5) is 24.3. The van der Waals surface area contributed by atoms with Crippen molar-refractivity contribution in [1.29, 1.82) is 0 Å². The van der Waals surface area contributed by atoms with E-state index < -0.39 is 0 Å². The van der Waals surface area contributed by atoms with E-state index in [1.165, 1.54) is 0 Å².